The van der Waals surface area contributed by atoms with E-state index in [0.717, 1.165) is 25.0 Å². The maximum Gasteiger partial charge on any atom is 0.106 e. The molecule has 0 aliphatic heterocycles. The molecule has 0 radical (unpaired) electrons. The van der Waals surface area contributed by atoms with Crippen LogP contribution in [0.3, 0.4) is 0 Å². The smallest absolute Gasteiger partial charge is 0.106 e. The number of imidazole rings is 1. The maximum absolute atomic E-state index is 4.46. The highest BCUT2D eigenvalue weighted by atomic mass is 15.1. The van der Waals surface area contributed by atoms with Gasteiger partial charge in [-0.3, -0.25) is 0 Å². The van der Waals surface area contributed by atoms with Crippen LogP contribution in [0.5, 0.6) is 0 Å². The van der Waals surface area contributed by atoms with Gasteiger partial charge in [0.25, 0.3) is 0 Å². The molecule has 1 aromatic carbocycles. The fraction of sp³-hybridized carbons (Fsp3) is 0.438. The van der Waals surface area contributed by atoms with Gasteiger partial charge in [-0.05, 0) is 37.8 Å². The van der Waals surface area contributed by atoms with Crippen molar-refractivity contribution in [1.29, 1.82) is 0 Å². The first-order chi connectivity index (χ1) is 9.24. The van der Waals surface area contributed by atoms with E-state index in [1.54, 1.807) is 0 Å². The fourth-order valence-electron chi connectivity index (χ4n) is 2.37. The second-order valence-electron chi connectivity index (χ2n) is 5.46. The summed E-state index contributed by atoms with van der Waals surface area (Å²) in [6, 6.07) is 9.31. The molecule has 1 fully saturated rings. The maximum atomic E-state index is 4.46. The molecule has 19 heavy (non-hydrogen) atoms. The van der Waals surface area contributed by atoms with Crippen LogP contribution in [-0.2, 0) is 13.1 Å². The molecule has 2 aromatic rings. The van der Waals surface area contributed by atoms with Gasteiger partial charge in [0.2, 0.25) is 0 Å². The average molecular weight is 255 g/mol. The molecule has 100 valence electrons. The van der Waals surface area contributed by atoms with E-state index in [9.17, 15) is 0 Å². The lowest BCUT2D eigenvalue weighted by atomic mass is 10.1. The minimum Gasteiger partial charge on any atom is -0.327 e. The van der Waals surface area contributed by atoms with E-state index in [4.69, 9.17) is 0 Å². The van der Waals surface area contributed by atoms with Gasteiger partial charge in [0.15, 0.2) is 0 Å². The van der Waals surface area contributed by atoms with Crippen LogP contribution >= 0.6 is 0 Å². The van der Waals surface area contributed by atoms with Gasteiger partial charge in [-0.15, -0.1) is 0 Å². The van der Waals surface area contributed by atoms with Crippen molar-refractivity contribution in [2.75, 3.05) is 0 Å². The summed E-state index contributed by atoms with van der Waals surface area (Å²) in [5.74, 6) is 1.09. The molecule has 0 unspecified atom stereocenters. The number of aryl methyl sites for hydroxylation is 2. The third-order valence-corrected chi connectivity index (χ3v) is 3.88. The zero-order chi connectivity index (χ0) is 13.2. The van der Waals surface area contributed by atoms with E-state index in [1.807, 2.05) is 6.20 Å². The summed E-state index contributed by atoms with van der Waals surface area (Å²) in [7, 11) is 0. The topological polar surface area (TPSA) is 29.9 Å². The molecule has 1 aromatic heterocycles. The highest BCUT2D eigenvalue weighted by Crippen LogP contribution is 2.20. The van der Waals surface area contributed by atoms with Crippen molar-refractivity contribution < 1.29 is 0 Å². The van der Waals surface area contributed by atoms with Gasteiger partial charge in [-0.25, -0.2) is 4.98 Å². The Kier molecular flexibility index (Phi) is 3.38. The summed E-state index contributed by atoms with van der Waals surface area (Å²) in [6.07, 6.45) is 4.65. The molecule has 0 saturated heterocycles. The molecule has 1 aliphatic carbocycles. The number of benzene rings is 1. The Labute approximate surface area is 114 Å². The summed E-state index contributed by atoms with van der Waals surface area (Å²) in [5, 5.41) is 3.57. The summed E-state index contributed by atoms with van der Waals surface area (Å²) in [6.45, 7) is 6.10. The van der Waals surface area contributed by atoms with E-state index in [-0.39, 0.29) is 0 Å². The second-order valence-corrected chi connectivity index (χ2v) is 5.46. The van der Waals surface area contributed by atoms with Crippen molar-refractivity contribution in [2.24, 2.45) is 0 Å². The molecule has 0 amide bonds. The fourth-order valence-corrected chi connectivity index (χ4v) is 2.37. The Morgan fingerprint density at radius 2 is 2.05 bits per heavy atom. The average Bonchev–Trinajstić information content (AvgIpc) is 3.17. The highest BCUT2D eigenvalue weighted by Gasteiger charge is 2.21. The molecule has 3 nitrogen and oxygen atoms in total. The lowest BCUT2D eigenvalue weighted by molar-refractivity contribution is 0.626. The molecule has 0 atom stereocenters. The molecular weight excluding hydrogens is 234 g/mol. The second kappa shape index (κ2) is 5.17. The molecule has 1 saturated carbocycles. The minimum atomic E-state index is 0.738. The van der Waals surface area contributed by atoms with Crippen LogP contribution in [0.15, 0.2) is 30.5 Å². The van der Waals surface area contributed by atoms with Crippen LogP contribution in [0.25, 0.3) is 0 Å². The predicted octanol–water partition coefficient (Wildman–Crippen LogP) is 2.80. The SMILES string of the molecule is Cc1ccccc1Cn1c(CNC2CC2)cnc1C. The lowest BCUT2D eigenvalue weighted by Crippen LogP contribution is -2.19. The zero-order valence-electron chi connectivity index (χ0n) is 11.7. The normalized spacial score (nSPS) is 14.8. The lowest BCUT2D eigenvalue weighted by Gasteiger charge is -2.12. The number of hydrogen-bond donors (Lipinski definition) is 1. The molecule has 0 bridgehead atoms. The van der Waals surface area contributed by atoms with Crippen molar-refractivity contribution in [3.8, 4) is 0 Å². The quantitative estimate of drug-likeness (QED) is 0.890. The van der Waals surface area contributed by atoms with Gasteiger partial charge in [-0.1, -0.05) is 24.3 Å². The van der Waals surface area contributed by atoms with Crippen LogP contribution < -0.4 is 5.32 Å². The van der Waals surface area contributed by atoms with Crippen molar-refractivity contribution in [3.63, 3.8) is 0 Å². The van der Waals surface area contributed by atoms with Crippen molar-refractivity contribution in [1.82, 2.24) is 14.9 Å². The van der Waals surface area contributed by atoms with Gasteiger partial charge in [-0.2, -0.15) is 0 Å². The molecule has 1 aliphatic rings. The van der Waals surface area contributed by atoms with Crippen LogP contribution in [0.1, 0.15) is 35.5 Å². The van der Waals surface area contributed by atoms with E-state index >= 15 is 0 Å². The van der Waals surface area contributed by atoms with Crippen LogP contribution in [-0.4, -0.2) is 15.6 Å². The summed E-state index contributed by atoms with van der Waals surface area (Å²) in [4.78, 5) is 4.46. The zero-order valence-corrected chi connectivity index (χ0v) is 11.7. The molecule has 0 spiro atoms. The molecule has 1 N–H and O–H groups in total. The molecule has 3 rings (SSSR count). The Balaban J connectivity index is 1.79. The number of rotatable bonds is 5. The van der Waals surface area contributed by atoms with Crippen LogP contribution in [0, 0.1) is 13.8 Å². The van der Waals surface area contributed by atoms with Gasteiger partial charge < -0.3 is 9.88 Å². The van der Waals surface area contributed by atoms with Crippen molar-refractivity contribution in [2.45, 2.75) is 45.8 Å². The summed E-state index contributed by atoms with van der Waals surface area (Å²) < 4.78 is 2.32. The van der Waals surface area contributed by atoms with Gasteiger partial charge in [0.1, 0.15) is 5.82 Å². The van der Waals surface area contributed by atoms with Gasteiger partial charge in [0.05, 0.1) is 5.69 Å². The first-order valence-electron chi connectivity index (χ1n) is 7.03. The van der Waals surface area contributed by atoms with Crippen molar-refractivity contribution in [3.05, 3.63) is 53.1 Å². The van der Waals surface area contributed by atoms with E-state index in [0.29, 0.717) is 0 Å². The summed E-state index contributed by atoms with van der Waals surface area (Å²) >= 11 is 0. The Hall–Kier alpha value is -1.61. The third-order valence-electron chi connectivity index (χ3n) is 3.88. The van der Waals surface area contributed by atoms with Crippen LogP contribution in [0.2, 0.25) is 0 Å². The predicted molar refractivity (Wildman–Crippen MR) is 77.1 cm³/mol. The van der Waals surface area contributed by atoms with Gasteiger partial charge in [0, 0.05) is 25.3 Å². The monoisotopic (exact) mass is 255 g/mol. The van der Waals surface area contributed by atoms with E-state index < -0.39 is 0 Å². The highest BCUT2D eigenvalue weighted by molar-refractivity contribution is 5.26. The van der Waals surface area contributed by atoms with Crippen molar-refractivity contribution >= 4 is 0 Å². The summed E-state index contributed by atoms with van der Waals surface area (Å²) in [5.41, 5.74) is 4.00. The molecule has 3 heteroatoms. The molecular formula is C16H21N3. The Morgan fingerprint density at radius 3 is 2.79 bits per heavy atom. The minimum absolute atomic E-state index is 0.738. The number of nitrogens with zero attached hydrogens (tertiary/aromatic N) is 2. The molecule has 1 heterocycles. The Morgan fingerprint density at radius 1 is 1.26 bits per heavy atom. The standard InChI is InChI=1S/C16H21N3/c1-12-5-3-4-6-14(12)11-19-13(2)17-9-16(19)10-18-15-7-8-15/h3-6,9,15,18H,7-8,10-11H2,1-2H3. The first-order valence-corrected chi connectivity index (χ1v) is 7.03. The first kappa shape index (κ1) is 12.4. The number of hydrogen-bond acceptors (Lipinski definition) is 2. The van der Waals surface area contributed by atoms with Gasteiger partial charge >= 0.3 is 0 Å². The number of aromatic nitrogens is 2. The number of nitrogens with one attached hydrogen (secondary N) is 1. The van der Waals surface area contributed by atoms with E-state index in [1.165, 1.54) is 29.7 Å². The third kappa shape index (κ3) is 2.87. The Bertz CT molecular complexity index is 567. The van der Waals surface area contributed by atoms with E-state index in [2.05, 4.69) is 53.0 Å². The largest absolute Gasteiger partial charge is 0.327 e. The van der Waals surface area contributed by atoms with Crippen LogP contribution in [0.4, 0.5) is 0 Å².